The van der Waals surface area contributed by atoms with Crippen molar-refractivity contribution in [1.82, 2.24) is 29.7 Å². The van der Waals surface area contributed by atoms with Gasteiger partial charge in [-0.3, -0.25) is 0 Å². The first-order valence-electron chi connectivity index (χ1n) is 4.73. The standard InChI is InChI=1S/C7H9N7O4S/c1-17-5-10-4(11-6(12-5)18-2)14-3-9-7(13-14)19(8,15)16/h3H,1-2H3,(H2,8,15,16). The lowest BCUT2D eigenvalue weighted by Gasteiger charge is -2.03. The summed E-state index contributed by atoms with van der Waals surface area (Å²) in [5, 5.41) is 7.97. The minimum absolute atomic E-state index is 0.0190. The van der Waals surface area contributed by atoms with Crippen LogP contribution >= 0.6 is 0 Å². The van der Waals surface area contributed by atoms with E-state index in [0.29, 0.717) is 0 Å². The lowest BCUT2D eigenvalue weighted by Crippen LogP contribution is -2.15. The summed E-state index contributed by atoms with van der Waals surface area (Å²) in [7, 11) is -1.28. The molecule has 12 heteroatoms. The van der Waals surface area contributed by atoms with E-state index in [1.165, 1.54) is 14.2 Å². The Balaban J connectivity index is 2.49. The highest BCUT2D eigenvalue weighted by atomic mass is 32.2. The van der Waals surface area contributed by atoms with E-state index in [9.17, 15) is 8.42 Å². The molecule has 2 heterocycles. The monoisotopic (exact) mass is 287 g/mol. The van der Waals surface area contributed by atoms with Crippen molar-refractivity contribution >= 4 is 10.0 Å². The van der Waals surface area contributed by atoms with Crippen molar-refractivity contribution in [2.24, 2.45) is 5.14 Å². The Bertz CT molecular complexity index is 675. The maximum atomic E-state index is 11.1. The Morgan fingerprint density at radius 1 is 1.16 bits per heavy atom. The van der Waals surface area contributed by atoms with Gasteiger partial charge in [0.15, 0.2) is 0 Å². The fourth-order valence-corrected chi connectivity index (χ4v) is 1.48. The van der Waals surface area contributed by atoms with Gasteiger partial charge in [0.1, 0.15) is 6.33 Å². The van der Waals surface area contributed by atoms with Crippen LogP contribution in [0.5, 0.6) is 12.0 Å². The number of aromatic nitrogens is 6. The van der Waals surface area contributed by atoms with Crippen molar-refractivity contribution in [2.45, 2.75) is 5.16 Å². The highest BCUT2D eigenvalue weighted by molar-refractivity contribution is 7.89. The second-order valence-electron chi connectivity index (χ2n) is 3.13. The zero-order valence-electron chi connectivity index (χ0n) is 9.88. The smallest absolute Gasteiger partial charge is 0.324 e. The molecule has 0 aromatic carbocycles. The highest BCUT2D eigenvalue weighted by Crippen LogP contribution is 2.11. The molecule has 2 rings (SSSR count). The van der Waals surface area contributed by atoms with Gasteiger partial charge < -0.3 is 9.47 Å². The van der Waals surface area contributed by atoms with E-state index >= 15 is 0 Å². The summed E-state index contributed by atoms with van der Waals surface area (Å²) < 4.78 is 32.8. The van der Waals surface area contributed by atoms with Gasteiger partial charge in [-0.15, -0.1) is 10.1 Å². The third-order valence-electron chi connectivity index (χ3n) is 1.88. The van der Waals surface area contributed by atoms with E-state index in [2.05, 4.69) is 25.0 Å². The van der Waals surface area contributed by atoms with Crippen molar-refractivity contribution in [3.63, 3.8) is 0 Å². The molecule has 19 heavy (non-hydrogen) atoms. The maximum Gasteiger partial charge on any atom is 0.324 e. The Morgan fingerprint density at radius 2 is 1.74 bits per heavy atom. The average molecular weight is 287 g/mol. The average Bonchev–Trinajstić information content (AvgIpc) is 2.87. The van der Waals surface area contributed by atoms with Gasteiger partial charge >= 0.3 is 12.0 Å². The molecule has 11 nitrogen and oxygen atoms in total. The number of primary sulfonamides is 1. The molecule has 0 bridgehead atoms. The van der Waals surface area contributed by atoms with Crippen LogP contribution in [0.3, 0.4) is 0 Å². The first-order valence-corrected chi connectivity index (χ1v) is 6.27. The summed E-state index contributed by atoms with van der Waals surface area (Å²) >= 11 is 0. The van der Waals surface area contributed by atoms with Crippen LogP contribution < -0.4 is 14.6 Å². The third-order valence-corrected chi connectivity index (χ3v) is 2.57. The number of rotatable bonds is 4. The summed E-state index contributed by atoms with van der Waals surface area (Å²) in [5.41, 5.74) is 0. The van der Waals surface area contributed by atoms with Crippen LogP contribution in [0.25, 0.3) is 5.95 Å². The van der Waals surface area contributed by atoms with Crippen molar-refractivity contribution in [2.75, 3.05) is 14.2 Å². The van der Waals surface area contributed by atoms with E-state index in [4.69, 9.17) is 14.6 Å². The summed E-state index contributed by atoms with van der Waals surface area (Å²) in [6.07, 6.45) is 1.09. The number of methoxy groups -OCH3 is 2. The minimum Gasteiger partial charge on any atom is -0.467 e. The van der Waals surface area contributed by atoms with Gasteiger partial charge in [-0.25, -0.2) is 18.5 Å². The van der Waals surface area contributed by atoms with Gasteiger partial charge in [0.05, 0.1) is 14.2 Å². The van der Waals surface area contributed by atoms with Crippen molar-refractivity contribution in [3.05, 3.63) is 6.33 Å². The molecule has 2 aromatic rings. The van der Waals surface area contributed by atoms with Gasteiger partial charge in [0.2, 0.25) is 0 Å². The number of nitrogens with zero attached hydrogens (tertiary/aromatic N) is 6. The van der Waals surface area contributed by atoms with Crippen molar-refractivity contribution in [3.8, 4) is 18.0 Å². The quantitative estimate of drug-likeness (QED) is 0.681. The number of ether oxygens (including phenoxy) is 2. The molecule has 2 aromatic heterocycles. The zero-order valence-corrected chi connectivity index (χ0v) is 10.7. The fraction of sp³-hybridized carbons (Fsp3) is 0.286. The maximum absolute atomic E-state index is 11.1. The number of hydrogen-bond acceptors (Lipinski definition) is 9. The van der Waals surface area contributed by atoms with E-state index in [1.54, 1.807) is 0 Å². The molecule has 0 unspecified atom stereocenters. The van der Waals surface area contributed by atoms with Crippen LogP contribution in [0.15, 0.2) is 11.5 Å². The molecule has 102 valence electrons. The molecule has 0 aliphatic heterocycles. The summed E-state index contributed by atoms with van der Waals surface area (Å²) in [4.78, 5) is 15.0. The molecule has 0 amide bonds. The predicted octanol–water partition coefficient (Wildman–Crippen LogP) is -1.88. The zero-order chi connectivity index (χ0) is 14.0. The van der Waals surface area contributed by atoms with Crippen LogP contribution in [0.4, 0.5) is 0 Å². The van der Waals surface area contributed by atoms with E-state index in [-0.39, 0.29) is 18.0 Å². The number of nitrogens with two attached hydrogens (primary N) is 1. The molecule has 0 atom stereocenters. The molecular formula is C7H9N7O4S. The Kier molecular flexibility index (Phi) is 3.26. The predicted molar refractivity (Wildman–Crippen MR) is 59.2 cm³/mol. The molecule has 0 radical (unpaired) electrons. The lowest BCUT2D eigenvalue weighted by molar-refractivity contribution is 0.338. The third kappa shape index (κ3) is 2.74. The van der Waals surface area contributed by atoms with Gasteiger partial charge in [0, 0.05) is 0 Å². The Morgan fingerprint density at radius 3 is 2.16 bits per heavy atom. The fourth-order valence-electron chi connectivity index (χ4n) is 1.09. The molecular weight excluding hydrogens is 278 g/mol. The second kappa shape index (κ2) is 4.74. The topological polar surface area (TPSA) is 148 Å². The summed E-state index contributed by atoms with van der Waals surface area (Å²) in [6.45, 7) is 0. The summed E-state index contributed by atoms with van der Waals surface area (Å²) in [5.74, 6) is -0.0221. The lowest BCUT2D eigenvalue weighted by atomic mass is 10.8. The molecule has 0 fully saturated rings. The number of hydrogen-bond donors (Lipinski definition) is 1. The van der Waals surface area contributed by atoms with Gasteiger partial charge in [0.25, 0.3) is 21.1 Å². The van der Waals surface area contributed by atoms with Gasteiger partial charge in [-0.2, -0.15) is 14.6 Å². The molecule has 2 N–H and O–H groups in total. The molecule has 0 saturated carbocycles. The second-order valence-corrected chi connectivity index (χ2v) is 4.58. The van der Waals surface area contributed by atoms with Crippen LogP contribution in [-0.4, -0.2) is 52.4 Å². The number of sulfonamides is 1. The van der Waals surface area contributed by atoms with Gasteiger partial charge in [-0.1, -0.05) is 0 Å². The van der Waals surface area contributed by atoms with E-state index in [0.717, 1.165) is 11.0 Å². The van der Waals surface area contributed by atoms with Gasteiger partial charge in [-0.05, 0) is 0 Å². The van der Waals surface area contributed by atoms with E-state index < -0.39 is 15.2 Å². The van der Waals surface area contributed by atoms with Crippen LogP contribution in [0.1, 0.15) is 0 Å². The molecule has 0 spiro atoms. The molecule has 0 saturated heterocycles. The van der Waals surface area contributed by atoms with Crippen LogP contribution in [0.2, 0.25) is 0 Å². The van der Waals surface area contributed by atoms with Crippen LogP contribution in [-0.2, 0) is 10.0 Å². The van der Waals surface area contributed by atoms with Crippen molar-refractivity contribution < 1.29 is 17.9 Å². The normalized spacial score (nSPS) is 11.3. The van der Waals surface area contributed by atoms with E-state index in [1.807, 2.05) is 0 Å². The minimum atomic E-state index is -4.00. The van der Waals surface area contributed by atoms with Crippen LogP contribution in [0, 0.1) is 0 Å². The van der Waals surface area contributed by atoms with Crippen molar-refractivity contribution in [1.29, 1.82) is 0 Å². The highest BCUT2D eigenvalue weighted by Gasteiger charge is 2.16. The first-order chi connectivity index (χ1) is 8.94. The summed E-state index contributed by atoms with van der Waals surface area (Å²) in [6, 6.07) is -0.0380. The largest absolute Gasteiger partial charge is 0.467 e. The first kappa shape index (κ1) is 13.1. The molecule has 0 aliphatic rings. The SMILES string of the molecule is COc1nc(OC)nc(-n2cnc(S(N)(=O)=O)n2)n1. The Hall–Kier alpha value is -2.34. The molecule has 0 aliphatic carbocycles. The Labute approximate surface area is 107 Å².